The zero-order valence-electron chi connectivity index (χ0n) is 13.4. The summed E-state index contributed by atoms with van der Waals surface area (Å²) < 4.78 is 6.91. The van der Waals surface area contributed by atoms with Gasteiger partial charge in [-0.15, -0.1) is 5.10 Å². The first-order chi connectivity index (χ1) is 11.3. The fourth-order valence-corrected chi connectivity index (χ4v) is 3.02. The zero-order chi connectivity index (χ0) is 16.1. The van der Waals surface area contributed by atoms with E-state index in [1.54, 1.807) is 11.8 Å². The third kappa shape index (κ3) is 3.59. The van der Waals surface area contributed by atoms with Crippen molar-refractivity contribution in [3.05, 3.63) is 41.7 Å². The van der Waals surface area contributed by atoms with Crippen molar-refractivity contribution in [1.82, 2.24) is 20.3 Å². The molecule has 0 aliphatic heterocycles. The van der Waals surface area contributed by atoms with Gasteiger partial charge in [-0.3, -0.25) is 4.79 Å². The third-order valence-electron chi connectivity index (χ3n) is 4.20. The van der Waals surface area contributed by atoms with Crippen LogP contribution in [0.2, 0.25) is 0 Å². The first-order valence-electron chi connectivity index (χ1n) is 8.09. The number of methoxy groups -OCH3 is 1. The van der Waals surface area contributed by atoms with Gasteiger partial charge in [-0.2, -0.15) is 0 Å². The molecule has 0 bridgehead atoms. The summed E-state index contributed by atoms with van der Waals surface area (Å²) in [6, 6.07) is 9.89. The Bertz CT molecular complexity index is 648. The minimum absolute atomic E-state index is 0.161. The molecule has 1 amide bonds. The van der Waals surface area contributed by atoms with Gasteiger partial charge < -0.3 is 10.1 Å². The number of carbonyl (C=O) groups excluding carboxylic acids is 1. The third-order valence-corrected chi connectivity index (χ3v) is 4.20. The maximum Gasteiger partial charge on any atom is 0.274 e. The lowest BCUT2D eigenvalue weighted by atomic mass is 9.95. The van der Waals surface area contributed by atoms with E-state index in [0.717, 1.165) is 18.5 Å². The molecule has 0 spiro atoms. The highest BCUT2D eigenvalue weighted by Gasteiger charge is 2.23. The van der Waals surface area contributed by atoms with Crippen molar-refractivity contribution >= 4 is 5.91 Å². The second-order valence-corrected chi connectivity index (χ2v) is 5.87. The second kappa shape index (κ2) is 7.37. The quantitative estimate of drug-likeness (QED) is 0.920. The molecular weight excluding hydrogens is 292 g/mol. The summed E-state index contributed by atoms with van der Waals surface area (Å²) in [6.45, 7) is 0.287. The molecule has 1 aromatic heterocycles. The average Bonchev–Trinajstić information content (AvgIpc) is 3.01. The van der Waals surface area contributed by atoms with Crippen LogP contribution in [0.1, 0.15) is 48.3 Å². The average molecular weight is 314 g/mol. The molecule has 1 aromatic carbocycles. The molecule has 1 aliphatic rings. The van der Waals surface area contributed by atoms with Crippen molar-refractivity contribution in [2.45, 2.75) is 44.8 Å². The van der Waals surface area contributed by atoms with Gasteiger partial charge in [0, 0.05) is 13.2 Å². The largest absolute Gasteiger partial charge is 0.378 e. The van der Waals surface area contributed by atoms with Crippen molar-refractivity contribution in [2.24, 2.45) is 0 Å². The Balaban J connectivity index is 1.83. The van der Waals surface area contributed by atoms with Crippen LogP contribution in [0.15, 0.2) is 30.3 Å². The van der Waals surface area contributed by atoms with Gasteiger partial charge in [0.2, 0.25) is 0 Å². The summed E-state index contributed by atoms with van der Waals surface area (Å²) in [6.07, 6.45) is 5.68. The highest BCUT2D eigenvalue weighted by molar-refractivity contribution is 5.93. The van der Waals surface area contributed by atoms with E-state index in [9.17, 15) is 4.79 Å². The molecule has 2 aromatic rings. The van der Waals surface area contributed by atoms with Crippen LogP contribution in [0, 0.1) is 0 Å². The lowest BCUT2D eigenvalue weighted by molar-refractivity contribution is 0.0917. The van der Waals surface area contributed by atoms with Crippen LogP contribution in [0.25, 0.3) is 5.69 Å². The van der Waals surface area contributed by atoms with Gasteiger partial charge in [0.15, 0.2) is 5.69 Å². The molecule has 1 N–H and O–H groups in total. The predicted octanol–water partition coefficient (Wildman–Crippen LogP) is 2.48. The molecule has 1 saturated carbocycles. The molecule has 23 heavy (non-hydrogen) atoms. The molecule has 0 radical (unpaired) electrons. The number of benzene rings is 1. The maximum absolute atomic E-state index is 12.6. The topological polar surface area (TPSA) is 69.0 Å². The van der Waals surface area contributed by atoms with E-state index in [2.05, 4.69) is 15.6 Å². The van der Waals surface area contributed by atoms with E-state index < -0.39 is 0 Å². The van der Waals surface area contributed by atoms with Crippen molar-refractivity contribution in [3.8, 4) is 5.69 Å². The number of nitrogens with zero attached hydrogens (tertiary/aromatic N) is 3. The monoisotopic (exact) mass is 314 g/mol. The molecule has 1 aliphatic carbocycles. The van der Waals surface area contributed by atoms with E-state index in [-0.39, 0.29) is 18.6 Å². The Hall–Kier alpha value is -2.21. The number of carbonyl (C=O) groups is 1. The number of ether oxygens (including phenoxy) is 1. The van der Waals surface area contributed by atoms with Crippen LogP contribution in [-0.2, 0) is 11.3 Å². The van der Waals surface area contributed by atoms with E-state index in [0.29, 0.717) is 11.4 Å². The molecule has 0 unspecified atom stereocenters. The second-order valence-electron chi connectivity index (χ2n) is 5.87. The summed E-state index contributed by atoms with van der Waals surface area (Å²) in [7, 11) is 1.60. The summed E-state index contributed by atoms with van der Waals surface area (Å²) in [5.41, 5.74) is 1.89. The van der Waals surface area contributed by atoms with Crippen LogP contribution in [0.4, 0.5) is 0 Å². The van der Waals surface area contributed by atoms with E-state index in [4.69, 9.17) is 4.74 Å². The fourth-order valence-electron chi connectivity index (χ4n) is 3.02. The number of aromatic nitrogens is 3. The van der Waals surface area contributed by atoms with Crippen LogP contribution in [0.3, 0.4) is 0 Å². The smallest absolute Gasteiger partial charge is 0.274 e. The predicted molar refractivity (Wildman–Crippen MR) is 86.4 cm³/mol. The SMILES string of the molecule is COCc1c(C(=O)NC2CCCCC2)nnn1-c1ccccc1. The van der Waals surface area contributed by atoms with Crippen LogP contribution < -0.4 is 5.32 Å². The summed E-state index contributed by atoms with van der Waals surface area (Å²) >= 11 is 0. The molecule has 6 nitrogen and oxygen atoms in total. The van der Waals surface area contributed by atoms with E-state index >= 15 is 0 Å². The van der Waals surface area contributed by atoms with Crippen molar-refractivity contribution in [3.63, 3.8) is 0 Å². The summed E-state index contributed by atoms with van der Waals surface area (Å²) in [5.74, 6) is -0.161. The van der Waals surface area contributed by atoms with Gasteiger partial charge in [-0.1, -0.05) is 42.7 Å². The molecule has 0 atom stereocenters. The lowest BCUT2D eigenvalue weighted by Gasteiger charge is -2.22. The Labute approximate surface area is 135 Å². The minimum Gasteiger partial charge on any atom is -0.378 e. The fraction of sp³-hybridized carbons (Fsp3) is 0.471. The highest BCUT2D eigenvalue weighted by atomic mass is 16.5. The van der Waals surface area contributed by atoms with Crippen LogP contribution >= 0.6 is 0 Å². The Kier molecular flexibility index (Phi) is 5.02. The standard InChI is InChI=1S/C17H22N4O2/c1-23-12-15-16(17(22)18-13-8-4-2-5-9-13)19-20-21(15)14-10-6-3-7-11-14/h3,6-7,10-11,13H,2,4-5,8-9,12H2,1H3,(H,18,22). The molecule has 1 fully saturated rings. The Morgan fingerprint density at radius 2 is 2.00 bits per heavy atom. The molecule has 0 saturated heterocycles. The highest BCUT2D eigenvalue weighted by Crippen LogP contribution is 2.19. The Morgan fingerprint density at radius 3 is 2.70 bits per heavy atom. The number of nitrogens with one attached hydrogen (secondary N) is 1. The number of rotatable bonds is 5. The van der Waals surface area contributed by atoms with Gasteiger partial charge in [-0.05, 0) is 25.0 Å². The van der Waals surface area contributed by atoms with Gasteiger partial charge >= 0.3 is 0 Å². The molecule has 1 heterocycles. The Morgan fingerprint density at radius 1 is 1.26 bits per heavy atom. The minimum atomic E-state index is -0.161. The number of hydrogen-bond donors (Lipinski definition) is 1. The number of amides is 1. The lowest BCUT2D eigenvalue weighted by Crippen LogP contribution is -2.36. The first-order valence-corrected chi connectivity index (χ1v) is 8.09. The van der Waals surface area contributed by atoms with E-state index in [1.165, 1.54) is 19.3 Å². The van der Waals surface area contributed by atoms with Gasteiger partial charge in [-0.25, -0.2) is 4.68 Å². The molecule has 3 rings (SSSR count). The molecule has 6 heteroatoms. The van der Waals surface area contributed by atoms with Crippen LogP contribution in [-0.4, -0.2) is 34.1 Å². The molecular formula is C17H22N4O2. The van der Waals surface area contributed by atoms with Gasteiger partial charge in [0.05, 0.1) is 12.3 Å². The first kappa shape index (κ1) is 15.7. The summed E-state index contributed by atoms with van der Waals surface area (Å²) in [5, 5.41) is 11.3. The molecule has 122 valence electrons. The number of hydrogen-bond acceptors (Lipinski definition) is 4. The number of para-hydroxylation sites is 1. The van der Waals surface area contributed by atoms with Gasteiger partial charge in [0.1, 0.15) is 5.69 Å². The van der Waals surface area contributed by atoms with E-state index in [1.807, 2.05) is 30.3 Å². The maximum atomic E-state index is 12.6. The van der Waals surface area contributed by atoms with Crippen molar-refractivity contribution < 1.29 is 9.53 Å². The zero-order valence-corrected chi connectivity index (χ0v) is 13.4. The summed E-state index contributed by atoms with van der Waals surface area (Å²) in [4.78, 5) is 12.6. The normalized spacial score (nSPS) is 15.5. The van der Waals surface area contributed by atoms with Gasteiger partial charge in [0.25, 0.3) is 5.91 Å². The van der Waals surface area contributed by atoms with Crippen LogP contribution in [0.5, 0.6) is 0 Å². The van der Waals surface area contributed by atoms with Crippen molar-refractivity contribution in [1.29, 1.82) is 0 Å². The van der Waals surface area contributed by atoms with Crippen molar-refractivity contribution in [2.75, 3.05) is 7.11 Å².